The van der Waals surface area contributed by atoms with Crippen molar-refractivity contribution in [1.82, 2.24) is 14.8 Å². The zero-order valence-corrected chi connectivity index (χ0v) is 9.34. The van der Waals surface area contributed by atoms with Crippen LogP contribution in [0.5, 0.6) is 0 Å². The van der Waals surface area contributed by atoms with Gasteiger partial charge in [-0.25, -0.2) is 0 Å². The van der Waals surface area contributed by atoms with Crippen LogP contribution in [0.1, 0.15) is 18.3 Å². The van der Waals surface area contributed by atoms with Crippen molar-refractivity contribution >= 4 is 0 Å². The minimum absolute atomic E-state index is 0.142. The molecule has 82 valence electrons. The summed E-state index contributed by atoms with van der Waals surface area (Å²) in [7, 11) is 0. The molecule has 0 aliphatic carbocycles. The van der Waals surface area contributed by atoms with Gasteiger partial charge in [0, 0.05) is 11.8 Å². The van der Waals surface area contributed by atoms with Gasteiger partial charge in [-0.3, -0.25) is 9.78 Å². The van der Waals surface area contributed by atoms with Crippen LogP contribution in [0, 0.1) is 6.92 Å². The van der Waals surface area contributed by atoms with Gasteiger partial charge in [0.15, 0.2) is 0 Å². The molecule has 4 nitrogen and oxygen atoms in total. The monoisotopic (exact) mass is 215 g/mol. The van der Waals surface area contributed by atoms with Crippen LogP contribution in [0.2, 0.25) is 0 Å². The lowest BCUT2D eigenvalue weighted by Crippen LogP contribution is -2.20. The molecule has 0 fully saturated rings. The summed E-state index contributed by atoms with van der Waals surface area (Å²) >= 11 is 0. The number of hydrogen-bond donors (Lipinski definition) is 0. The van der Waals surface area contributed by atoms with Gasteiger partial charge >= 0.3 is 0 Å². The highest BCUT2D eigenvalue weighted by molar-refractivity contribution is 5.28. The molecule has 0 atom stereocenters. The maximum absolute atomic E-state index is 11.6. The molecule has 16 heavy (non-hydrogen) atoms. The molecule has 0 bridgehead atoms. The number of rotatable bonds is 2. The van der Waals surface area contributed by atoms with Gasteiger partial charge < -0.3 is 0 Å². The number of hydrogen-bond acceptors (Lipinski definition) is 3. The average Bonchev–Trinajstić information content (AvgIpc) is 2.32. The average molecular weight is 215 g/mol. The van der Waals surface area contributed by atoms with Gasteiger partial charge in [0.2, 0.25) is 0 Å². The van der Waals surface area contributed by atoms with Crippen LogP contribution in [0.15, 0.2) is 35.3 Å². The van der Waals surface area contributed by atoms with Crippen molar-refractivity contribution in [3.63, 3.8) is 0 Å². The van der Waals surface area contributed by atoms with E-state index in [9.17, 15) is 4.79 Å². The van der Waals surface area contributed by atoms with Crippen molar-refractivity contribution in [2.24, 2.45) is 0 Å². The topological polar surface area (TPSA) is 47.8 Å². The van der Waals surface area contributed by atoms with Gasteiger partial charge in [0.1, 0.15) is 0 Å². The van der Waals surface area contributed by atoms with Crippen molar-refractivity contribution < 1.29 is 0 Å². The van der Waals surface area contributed by atoms with Gasteiger partial charge in [-0.15, -0.1) is 0 Å². The molecule has 0 N–H and O–H groups in total. The second-order valence-corrected chi connectivity index (χ2v) is 3.59. The van der Waals surface area contributed by atoms with Crippen LogP contribution in [-0.2, 0) is 6.42 Å². The van der Waals surface area contributed by atoms with Crippen molar-refractivity contribution in [2.75, 3.05) is 0 Å². The summed E-state index contributed by atoms with van der Waals surface area (Å²) in [5.74, 6) is 0. The number of aromatic nitrogens is 3. The van der Waals surface area contributed by atoms with E-state index >= 15 is 0 Å². The van der Waals surface area contributed by atoms with E-state index in [1.165, 1.54) is 10.7 Å². The molecule has 4 heteroatoms. The van der Waals surface area contributed by atoms with Gasteiger partial charge in [-0.1, -0.05) is 6.92 Å². The molecular weight excluding hydrogens is 202 g/mol. The Hall–Kier alpha value is -1.97. The lowest BCUT2D eigenvalue weighted by molar-refractivity contribution is 0.779. The summed E-state index contributed by atoms with van der Waals surface area (Å²) in [5, 5.41) is 4.16. The number of nitrogens with zero attached hydrogens (tertiary/aromatic N) is 3. The standard InChI is InChI=1S/C12H13N3O/c1-3-10-5-6-11(8-13-10)15-12(16)7-4-9(2)14-15/h4-8H,3H2,1-2H3. The first kappa shape index (κ1) is 10.5. The summed E-state index contributed by atoms with van der Waals surface area (Å²) in [6.07, 6.45) is 2.56. The molecular formula is C12H13N3O. The Morgan fingerprint density at radius 2 is 2.06 bits per heavy atom. The van der Waals surface area contributed by atoms with Crippen molar-refractivity contribution in [3.8, 4) is 5.69 Å². The smallest absolute Gasteiger partial charge is 0.267 e. The fraction of sp³-hybridized carbons (Fsp3) is 0.250. The van der Waals surface area contributed by atoms with Crippen LogP contribution >= 0.6 is 0 Å². The summed E-state index contributed by atoms with van der Waals surface area (Å²) < 4.78 is 1.36. The quantitative estimate of drug-likeness (QED) is 0.762. The summed E-state index contributed by atoms with van der Waals surface area (Å²) in [6, 6.07) is 6.98. The Bertz CT molecular complexity index is 543. The first-order chi connectivity index (χ1) is 7.70. The third kappa shape index (κ3) is 2.00. The Morgan fingerprint density at radius 1 is 1.25 bits per heavy atom. The lowest BCUT2D eigenvalue weighted by atomic mass is 10.3. The van der Waals surface area contributed by atoms with Gasteiger partial charge in [-0.2, -0.15) is 9.78 Å². The van der Waals surface area contributed by atoms with E-state index in [-0.39, 0.29) is 5.56 Å². The van der Waals surface area contributed by atoms with E-state index in [1.807, 2.05) is 26.0 Å². The van der Waals surface area contributed by atoms with Crippen molar-refractivity contribution in [2.45, 2.75) is 20.3 Å². The molecule has 0 aromatic carbocycles. The minimum atomic E-state index is -0.142. The molecule has 2 aromatic heterocycles. The van der Waals surface area contributed by atoms with Crippen LogP contribution < -0.4 is 5.56 Å². The molecule has 2 rings (SSSR count). The van der Waals surface area contributed by atoms with Crippen LogP contribution in [0.25, 0.3) is 5.69 Å². The summed E-state index contributed by atoms with van der Waals surface area (Å²) in [4.78, 5) is 15.8. The molecule has 0 amide bonds. The Kier molecular flexibility index (Phi) is 2.81. The SMILES string of the molecule is CCc1ccc(-n2nc(C)ccc2=O)cn1. The molecule has 2 aromatic rings. The molecule has 2 heterocycles. The maximum atomic E-state index is 11.6. The Labute approximate surface area is 93.6 Å². The summed E-state index contributed by atoms with van der Waals surface area (Å²) in [6.45, 7) is 3.89. The van der Waals surface area contributed by atoms with Gasteiger partial charge in [0.05, 0.1) is 17.6 Å². The molecule has 0 radical (unpaired) electrons. The zero-order valence-electron chi connectivity index (χ0n) is 9.34. The lowest BCUT2D eigenvalue weighted by Gasteiger charge is -2.04. The first-order valence-electron chi connectivity index (χ1n) is 5.23. The fourth-order valence-electron chi connectivity index (χ4n) is 1.44. The molecule has 0 aliphatic rings. The van der Waals surface area contributed by atoms with Crippen molar-refractivity contribution in [3.05, 3.63) is 52.2 Å². The second-order valence-electron chi connectivity index (χ2n) is 3.59. The van der Waals surface area contributed by atoms with Crippen LogP contribution in [-0.4, -0.2) is 14.8 Å². The van der Waals surface area contributed by atoms with Crippen LogP contribution in [0.4, 0.5) is 0 Å². The molecule has 0 spiro atoms. The fourth-order valence-corrected chi connectivity index (χ4v) is 1.44. The van der Waals surface area contributed by atoms with Crippen molar-refractivity contribution in [1.29, 1.82) is 0 Å². The first-order valence-corrected chi connectivity index (χ1v) is 5.23. The maximum Gasteiger partial charge on any atom is 0.271 e. The summed E-state index contributed by atoms with van der Waals surface area (Å²) in [5.41, 5.74) is 2.37. The highest BCUT2D eigenvalue weighted by Crippen LogP contribution is 2.03. The highest BCUT2D eigenvalue weighted by atomic mass is 16.1. The number of pyridine rings is 1. The predicted octanol–water partition coefficient (Wildman–Crippen LogP) is 1.50. The Morgan fingerprint density at radius 3 is 2.69 bits per heavy atom. The molecule has 0 saturated carbocycles. The van der Waals surface area contributed by atoms with E-state index in [0.29, 0.717) is 5.69 Å². The van der Waals surface area contributed by atoms with E-state index < -0.39 is 0 Å². The normalized spacial score (nSPS) is 10.4. The third-order valence-corrected chi connectivity index (χ3v) is 2.35. The highest BCUT2D eigenvalue weighted by Gasteiger charge is 2.01. The molecule has 0 saturated heterocycles. The van der Waals surface area contributed by atoms with E-state index in [4.69, 9.17) is 0 Å². The molecule has 0 unspecified atom stereocenters. The number of aryl methyl sites for hydroxylation is 2. The van der Waals surface area contributed by atoms with E-state index in [0.717, 1.165) is 17.8 Å². The largest absolute Gasteiger partial charge is 0.271 e. The Balaban J connectivity index is 2.50. The zero-order chi connectivity index (χ0) is 11.5. The van der Waals surface area contributed by atoms with E-state index in [2.05, 4.69) is 10.1 Å². The third-order valence-electron chi connectivity index (χ3n) is 2.35. The molecule has 0 aliphatic heterocycles. The second kappa shape index (κ2) is 4.26. The van der Waals surface area contributed by atoms with Crippen LogP contribution in [0.3, 0.4) is 0 Å². The van der Waals surface area contributed by atoms with Gasteiger partial charge in [0.25, 0.3) is 5.56 Å². The van der Waals surface area contributed by atoms with Gasteiger partial charge in [-0.05, 0) is 31.5 Å². The predicted molar refractivity (Wildman–Crippen MR) is 61.7 cm³/mol. The minimum Gasteiger partial charge on any atom is -0.267 e. The van der Waals surface area contributed by atoms with E-state index in [1.54, 1.807) is 12.3 Å².